The van der Waals surface area contributed by atoms with Gasteiger partial charge < -0.3 is 19.7 Å². The van der Waals surface area contributed by atoms with Gasteiger partial charge in [0, 0.05) is 24.4 Å². The molecular formula is C17H16N2O4. The maximum atomic E-state index is 12.3. The van der Waals surface area contributed by atoms with Gasteiger partial charge in [-0.25, -0.2) is 0 Å². The highest BCUT2D eigenvalue weighted by Gasteiger charge is 2.22. The molecule has 1 aliphatic heterocycles. The van der Waals surface area contributed by atoms with Crippen molar-refractivity contribution in [1.29, 1.82) is 0 Å². The van der Waals surface area contributed by atoms with Crippen LogP contribution in [0.25, 0.3) is 0 Å². The number of hydrogen-bond acceptors (Lipinski definition) is 4. The smallest absolute Gasteiger partial charge is 0.264 e. The summed E-state index contributed by atoms with van der Waals surface area (Å²) < 4.78 is 10.5. The molecule has 0 saturated heterocycles. The van der Waals surface area contributed by atoms with E-state index in [0.29, 0.717) is 28.4 Å². The monoisotopic (exact) mass is 312 g/mol. The lowest BCUT2D eigenvalue weighted by Crippen LogP contribution is -2.35. The first kappa shape index (κ1) is 14.9. The Morgan fingerprint density at radius 2 is 2.09 bits per heavy atom. The minimum absolute atomic E-state index is 0.00319. The van der Waals surface area contributed by atoms with Gasteiger partial charge in [0.05, 0.1) is 12.8 Å². The molecule has 0 saturated carbocycles. The van der Waals surface area contributed by atoms with Crippen LogP contribution in [0.3, 0.4) is 0 Å². The van der Waals surface area contributed by atoms with Crippen molar-refractivity contribution in [3.63, 3.8) is 0 Å². The molecule has 2 aromatic carbocycles. The lowest BCUT2D eigenvalue weighted by molar-refractivity contribution is -0.120. The number of fused-ring (bicyclic) bond motifs is 1. The third-order valence-electron chi connectivity index (χ3n) is 3.64. The van der Waals surface area contributed by atoms with Crippen molar-refractivity contribution < 1.29 is 19.1 Å². The third kappa shape index (κ3) is 2.96. The van der Waals surface area contributed by atoms with Gasteiger partial charge in [-0.1, -0.05) is 6.07 Å². The van der Waals surface area contributed by atoms with Crippen LogP contribution in [0.5, 0.6) is 11.5 Å². The lowest BCUT2D eigenvalue weighted by Gasteiger charge is -2.26. The number of benzene rings is 2. The van der Waals surface area contributed by atoms with Crippen molar-refractivity contribution in [3.05, 3.63) is 48.0 Å². The van der Waals surface area contributed by atoms with Gasteiger partial charge >= 0.3 is 0 Å². The van der Waals surface area contributed by atoms with Crippen LogP contribution in [0.15, 0.2) is 42.5 Å². The predicted octanol–water partition coefficient (Wildman–Crippen LogP) is 2.30. The lowest BCUT2D eigenvalue weighted by atomic mass is 10.2. The number of nitrogens with one attached hydrogen (secondary N) is 1. The number of rotatable bonds is 3. The molecule has 6 nitrogen and oxygen atoms in total. The average Bonchev–Trinajstić information content (AvgIpc) is 2.58. The minimum Gasteiger partial charge on any atom is -0.497 e. The molecule has 0 aliphatic carbocycles. The maximum absolute atomic E-state index is 12.3. The van der Waals surface area contributed by atoms with E-state index in [4.69, 9.17) is 9.47 Å². The van der Waals surface area contributed by atoms with E-state index < -0.39 is 0 Å². The molecule has 0 spiro atoms. The SMILES string of the molecule is COc1cccc(C(=O)Nc2ccc3c(c2)OCC(=O)N3C)c1. The number of carbonyl (C=O) groups is 2. The molecule has 118 valence electrons. The Morgan fingerprint density at radius 1 is 1.26 bits per heavy atom. The highest BCUT2D eigenvalue weighted by atomic mass is 16.5. The van der Waals surface area contributed by atoms with Crippen LogP contribution in [0, 0.1) is 0 Å². The summed E-state index contributed by atoms with van der Waals surface area (Å²) in [6.07, 6.45) is 0. The van der Waals surface area contributed by atoms with Crippen LogP contribution in [0.1, 0.15) is 10.4 Å². The molecule has 0 atom stereocenters. The summed E-state index contributed by atoms with van der Waals surface area (Å²) in [5, 5.41) is 2.81. The van der Waals surface area contributed by atoms with Crippen LogP contribution in [-0.4, -0.2) is 32.6 Å². The van der Waals surface area contributed by atoms with Gasteiger partial charge in [0.2, 0.25) is 0 Å². The Bertz CT molecular complexity index is 773. The van der Waals surface area contributed by atoms with E-state index >= 15 is 0 Å². The Morgan fingerprint density at radius 3 is 2.87 bits per heavy atom. The molecule has 0 bridgehead atoms. The second-order valence-corrected chi connectivity index (χ2v) is 5.11. The highest BCUT2D eigenvalue weighted by molar-refractivity contribution is 6.05. The zero-order valence-electron chi connectivity index (χ0n) is 12.8. The quantitative estimate of drug-likeness (QED) is 0.944. The maximum Gasteiger partial charge on any atom is 0.264 e. The van der Waals surface area contributed by atoms with E-state index in [1.165, 1.54) is 4.90 Å². The molecule has 1 N–H and O–H groups in total. The summed E-state index contributed by atoms with van der Waals surface area (Å²) in [7, 11) is 3.24. The van der Waals surface area contributed by atoms with Crippen molar-refractivity contribution in [3.8, 4) is 11.5 Å². The van der Waals surface area contributed by atoms with Crippen molar-refractivity contribution >= 4 is 23.2 Å². The zero-order valence-corrected chi connectivity index (χ0v) is 12.8. The fraction of sp³-hybridized carbons (Fsp3) is 0.176. The summed E-state index contributed by atoms with van der Waals surface area (Å²) in [4.78, 5) is 25.4. The summed E-state index contributed by atoms with van der Waals surface area (Å²) in [5.41, 5.74) is 1.77. The van der Waals surface area contributed by atoms with Crippen molar-refractivity contribution in [1.82, 2.24) is 0 Å². The van der Waals surface area contributed by atoms with Gasteiger partial charge in [-0.2, -0.15) is 0 Å². The topological polar surface area (TPSA) is 67.9 Å². The van der Waals surface area contributed by atoms with Crippen molar-refractivity contribution in [2.45, 2.75) is 0 Å². The Balaban J connectivity index is 1.80. The zero-order chi connectivity index (χ0) is 16.4. The normalized spacial score (nSPS) is 13.1. The molecule has 0 unspecified atom stereocenters. The number of carbonyl (C=O) groups excluding carboxylic acids is 2. The summed E-state index contributed by atoms with van der Waals surface area (Å²) in [6.45, 7) is -0.00319. The second kappa shape index (κ2) is 6.00. The Kier molecular flexibility index (Phi) is 3.89. The Hall–Kier alpha value is -3.02. The van der Waals surface area contributed by atoms with E-state index in [-0.39, 0.29) is 18.4 Å². The van der Waals surface area contributed by atoms with Crippen LogP contribution >= 0.6 is 0 Å². The number of anilines is 2. The molecule has 1 heterocycles. The summed E-state index contributed by atoms with van der Waals surface area (Å²) >= 11 is 0. The number of ether oxygens (including phenoxy) is 2. The van der Waals surface area contributed by atoms with Gasteiger partial charge in [-0.15, -0.1) is 0 Å². The van der Waals surface area contributed by atoms with E-state index in [1.807, 2.05) is 0 Å². The van der Waals surface area contributed by atoms with Crippen LogP contribution < -0.4 is 19.7 Å². The van der Waals surface area contributed by atoms with Gasteiger partial charge in [-0.3, -0.25) is 9.59 Å². The first-order valence-corrected chi connectivity index (χ1v) is 7.07. The van der Waals surface area contributed by atoms with E-state index in [2.05, 4.69) is 5.32 Å². The van der Waals surface area contributed by atoms with Gasteiger partial charge in [0.25, 0.3) is 11.8 Å². The number of amides is 2. The third-order valence-corrected chi connectivity index (χ3v) is 3.64. The van der Waals surface area contributed by atoms with E-state index in [1.54, 1.807) is 56.6 Å². The van der Waals surface area contributed by atoms with Crippen LogP contribution in [-0.2, 0) is 4.79 Å². The van der Waals surface area contributed by atoms with Gasteiger partial charge in [-0.05, 0) is 30.3 Å². The molecule has 1 aliphatic rings. The van der Waals surface area contributed by atoms with E-state index in [0.717, 1.165) is 0 Å². The van der Waals surface area contributed by atoms with Crippen molar-refractivity contribution in [2.24, 2.45) is 0 Å². The minimum atomic E-state index is -0.246. The molecule has 6 heteroatoms. The highest BCUT2D eigenvalue weighted by Crippen LogP contribution is 2.33. The number of nitrogens with zero attached hydrogens (tertiary/aromatic N) is 1. The number of likely N-dealkylation sites (N-methyl/N-ethyl adjacent to an activating group) is 1. The molecule has 0 radical (unpaired) electrons. The number of hydrogen-bond donors (Lipinski definition) is 1. The van der Waals surface area contributed by atoms with Gasteiger partial charge in [0.1, 0.15) is 11.5 Å². The summed E-state index contributed by atoms with van der Waals surface area (Å²) in [5.74, 6) is 0.830. The van der Waals surface area contributed by atoms with Crippen LogP contribution in [0.2, 0.25) is 0 Å². The summed E-state index contributed by atoms with van der Waals surface area (Å²) in [6, 6.07) is 12.1. The molecule has 2 aromatic rings. The first-order valence-electron chi connectivity index (χ1n) is 7.07. The second-order valence-electron chi connectivity index (χ2n) is 5.11. The standard InChI is InChI=1S/C17H16N2O4/c1-19-14-7-6-12(9-15(14)23-10-16(19)20)18-17(21)11-4-3-5-13(8-11)22-2/h3-9H,10H2,1-2H3,(H,18,21). The molecule has 0 fully saturated rings. The van der Waals surface area contributed by atoms with E-state index in [9.17, 15) is 9.59 Å². The molecule has 2 amide bonds. The fourth-order valence-electron chi connectivity index (χ4n) is 2.32. The van der Waals surface area contributed by atoms with Gasteiger partial charge in [0.15, 0.2) is 6.61 Å². The predicted molar refractivity (Wildman–Crippen MR) is 86.3 cm³/mol. The molecule has 23 heavy (non-hydrogen) atoms. The molecule has 3 rings (SSSR count). The average molecular weight is 312 g/mol. The number of methoxy groups -OCH3 is 1. The van der Waals surface area contributed by atoms with Crippen LogP contribution in [0.4, 0.5) is 11.4 Å². The Labute approximate surface area is 133 Å². The van der Waals surface area contributed by atoms with Crippen molar-refractivity contribution in [2.75, 3.05) is 31.0 Å². The molecule has 0 aromatic heterocycles. The largest absolute Gasteiger partial charge is 0.497 e. The first-order chi connectivity index (χ1) is 11.1. The fourth-order valence-corrected chi connectivity index (χ4v) is 2.32. The molecular weight excluding hydrogens is 296 g/mol.